The SMILES string of the molecule is CCCCCCC/C=C/C(=O)N1CCN(c2ccc(OC)cc2)CC1. The van der Waals surface area contributed by atoms with Crippen LogP contribution in [0.2, 0.25) is 0 Å². The number of hydrogen-bond acceptors (Lipinski definition) is 3. The number of methoxy groups -OCH3 is 1. The molecule has 4 nitrogen and oxygen atoms in total. The van der Waals surface area contributed by atoms with Crippen molar-refractivity contribution >= 4 is 11.6 Å². The van der Waals surface area contributed by atoms with Crippen molar-refractivity contribution in [3.8, 4) is 5.75 Å². The maximum absolute atomic E-state index is 12.3. The Balaban J connectivity index is 1.69. The van der Waals surface area contributed by atoms with Crippen LogP contribution in [0.5, 0.6) is 5.75 Å². The first-order chi connectivity index (χ1) is 12.2. The minimum atomic E-state index is 0.155. The van der Waals surface area contributed by atoms with E-state index in [-0.39, 0.29) is 5.91 Å². The van der Waals surface area contributed by atoms with Crippen LogP contribution in [0.3, 0.4) is 0 Å². The summed E-state index contributed by atoms with van der Waals surface area (Å²) < 4.78 is 5.20. The number of carbonyl (C=O) groups is 1. The molecular weight excluding hydrogens is 312 g/mol. The van der Waals surface area contributed by atoms with Gasteiger partial charge in [0.25, 0.3) is 0 Å². The van der Waals surface area contributed by atoms with Gasteiger partial charge in [-0.25, -0.2) is 0 Å². The zero-order valence-corrected chi connectivity index (χ0v) is 15.7. The highest BCUT2D eigenvalue weighted by molar-refractivity contribution is 5.87. The lowest BCUT2D eigenvalue weighted by Crippen LogP contribution is -2.48. The number of ether oxygens (including phenoxy) is 1. The van der Waals surface area contributed by atoms with E-state index < -0.39 is 0 Å². The molecule has 138 valence electrons. The Labute approximate surface area is 152 Å². The summed E-state index contributed by atoms with van der Waals surface area (Å²) in [5.41, 5.74) is 1.19. The number of unbranched alkanes of at least 4 members (excludes halogenated alkanes) is 5. The number of anilines is 1. The molecule has 1 heterocycles. The lowest BCUT2D eigenvalue weighted by atomic mass is 10.1. The zero-order chi connectivity index (χ0) is 17.9. The molecule has 1 saturated heterocycles. The molecular formula is C21H32N2O2. The van der Waals surface area contributed by atoms with Crippen LogP contribution >= 0.6 is 0 Å². The highest BCUT2D eigenvalue weighted by atomic mass is 16.5. The van der Waals surface area contributed by atoms with E-state index in [0.717, 1.165) is 38.3 Å². The van der Waals surface area contributed by atoms with Crippen LogP contribution in [-0.4, -0.2) is 44.1 Å². The molecule has 1 aromatic rings. The predicted octanol–water partition coefficient (Wildman–Crippen LogP) is 4.26. The lowest BCUT2D eigenvalue weighted by molar-refractivity contribution is -0.126. The van der Waals surface area contributed by atoms with Gasteiger partial charge in [-0.1, -0.05) is 38.7 Å². The number of rotatable bonds is 9. The number of benzene rings is 1. The van der Waals surface area contributed by atoms with Crippen LogP contribution in [0.1, 0.15) is 45.4 Å². The van der Waals surface area contributed by atoms with E-state index in [2.05, 4.69) is 24.0 Å². The molecule has 0 aliphatic carbocycles. The molecule has 0 saturated carbocycles. The van der Waals surface area contributed by atoms with Crippen LogP contribution in [0.15, 0.2) is 36.4 Å². The maximum Gasteiger partial charge on any atom is 0.246 e. The van der Waals surface area contributed by atoms with Crippen molar-refractivity contribution in [3.63, 3.8) is 0 Å². The first-order valence-electron chi connectivity index (χ1n) is 9.59. The fraction of sp³-hybridized carbons (Fsp3) is 0.571. The lowest BCUT2D eigenvalue weighted by Gasteiger charge is -2.35. The van der Waals surface area contributed by atoms with Gasteiger partial charge in [0.05, 0.1) is 7.11 Å². The van der Waals surface area contributed by atoms with Crippen molar-refractivity contribution in [3.05, 3.63) is 36.4 Å². The molecule has 1 aliphatic heterocycles. The quantitative estimate of drug-likeness (QED) is 0.496. The third kappa shape index (κ3) is 6.45. The molecule has 0 spiro atoms. The standard InChI is InChI=1S/C21H32N2O2/c1-3-4-5-6-7-8-9-10-21(24)23-17-15-22(16-18-23)19-11-13-20(25-2)14-12-19/h9-14H,3-8,15-18H2,1-2H3/b10-9+. The normalized spacial score (nSPS) is 15.0. The Hall–Kier alpha value is -1.97. The van der Waals surface area contributed by atoms with Gasteiger partial charge in [0.2, 0.25) is 5.91 Å². The number of piperazine rings is 1. The van der Waals surface area contributed by atoms with Crippen LogP contribution in [0.4, 0.5) is 5.69 Å². The topological polar surface area (TPSA) is 32.8 Å². The monoisotopic (exact) mass is 344 g/mol. The highest BCUT2D eigenvalue weighted by Crippen LogP contribution is 2.20. The Morgan fingerprint density at radius 2 is 1.72 bits per heavy atom. The Morgan fingerprint density at radius 1 is 1.04 bits per heavy atom. The number of nitrogens with zero attached hydrogens (tertiary/aromatic N) is 2. The minimum absolute atomic E-state index is 0.155. The van der Waals surface area contributed by atoms with E-state index in [0.29, 0.717) is 0 Å². The van der Waals surface area contributed by atoms with Gasteiger partial charge in [-0.3, -0.25) is 4.79 Å². The molecule has 0 atom stereocenters. The first kappa shape index (κ1) is 19.4. The largest absolute Gasteiger partial charge is 0.497 e. The molecule has 0 unspecified atom stereocenters. The van der Waals surface area contributed by atoms with Gasteiger partial charge in [-0.15, -0.1) is 0 Å². The molecule has 0 radical (unpaired) electrons. The van der Waals surface area contributed by atoms with Crippen molar-refractivity contribution < 1.29 is 9.53 Å². The second-order valence-electron chi connectivity index (χ2n) is 6.62. The average Bonchev–Trinajstić information content (AvgIpc) is 2.67. The van der Waals surface area contributed by atoms with E-state index in [1.165, 1.54) is 37.8 Å². The molecule has 1 fully saturated rings. The van der Waals surface area contributed by atoms with Crippen LogP contribution in [0.25, 0.3) is 0 Å². The smallest absolute Gasteiger partial charge is 0.246 e. The Kier molecular flexibility index (Phi) is 8.36. The summed E-state index contributed by atoms with van der Waals surface area (Å²) in [5, 5.41) is 0. The van der Waals surface area contributed by atoms with Gasteiger partial charge >= 0.3 is 0 Å². The van der Waals surface area contributed by atoms with Gasteiger partial charge in [0, 0.05) is 31.9 Å². The number of hydrogen-bond donors (Lipinski definition) is 0. The summed E-state index contributed by atoms with van der Waals surface area (Å²) in [7, 11) is 1.68. The zero-order valence-electron chi connectivity index (χ0n) is 15.7. The predicted molar refractivity (Wildman–Crippen MR) is 104 cm³/mol. The van der Waals surface area contributed by atoms with Crippen LogP contribution in [-0.2, 0) is 4.79 Å². The molecule has 2 rings (SSSR count). The van der Waals surface area contributed by atoms with Gasteiger partial charge in [0.1, 0.15) is 5.75 Å². The van der Waals surface area contributed by atoms with Gasteiger partial charge in [0.15, 0.2) is 0 Å². The van der Waals surface area contributed by atoms with E-state index in [1.807, 2.05) is 23.1 Å². The van der Waals surface area contributed by atoms with Gasteiger partial charge < -0.3 is 14.5 Å². The second kappa shape index (κ2) is 10.8. The summed E-state index contributed by atoms with van der Waals surface area (Å²) >= 11 is 0. The summed E-state index contributed by atoms with van der Waals surface area (Å²) in [6.45, 7) is 5.55. The molecule has 1 aromatic carbocycles. The fourth-order valence-corrected chi connectivity index (χ4v) is 3.13. The number of amides is 1. The second-order valence-corrected chi connectivity index (χ2v) is 6.62. The summed E-state index contributed by atoms with van der Waals surface area (Å²) in [6, 6.07) is 8.12. The molecule has 1 aliphatic rings. The highest BCUT2D eigenvalue weighted by Gasteiger charge is 2.19. The van der Waals surface area contributed by atoms with E-state index >= 15 is 0 Å². The van der Waals surface area contributed by atoms with E-state index in [9.17, 15) is 4.79 Å². The molecule has 25 heavy (non-hydrogen) atoms. The van der Waals surface area contributed by atoms with Crippen molar-refractivity contribution in [1.29, 1.82) is 0 Å². The summed E-state index contributed by atoms with van der Waals surface area (Å²) in [4.78, 5) is 16.5. The Bertz CT molecular complexity index is 531. The molecule has 1 amide bonds. The molecule has 4 heteroatoms. The molecule has 0 N–H and O–H groups in total. The maximum atomic E-state index is 12.3. The summed E-state index contributed by atoms with van der Waals surface area (Å²) in [5.74, 6) is 1.03. The van der Waals surface area contributed by atoms with E-state index in [4.69, 9.17) is 4.74 Å². The molecule has 0 aromatic heterocycles. The minimum Gasteiger partial charge on any atom is -0.497 e. The van der Waals surface area contributed by atoms with Crippen molar-refractivity contribution in [2.45, 2.75) is 45.4 Å². The summed E-state index contributed by atoms with van der Waals surface area (Å²) in [6.07, 6.45) is 11.2. The fourth-order valence-electron chi connectivity index (χ4n) is 3.13. The average molecular weight is 344 g/mol. The third-order valence-electron chi connectivity index (χ3n) is 4.76. The Morgan fingerprint density at radius 3 is 2.36 bits per heavy atom. The van der Waals surface area contributed by atoms with Gasteiger partial charge in [-0.2, -0.15) is 0 Å². The molecule has 0 bridgehead atoms. The number of allylic oxidation sites excluding steroid dienone is 1. The third-order valence-corrected chi connectivity index (χ3v) is 4.76. The first-order valence-corrected chi connectivity index (χ1v) is 9.59. The van der Waals surface area contributed by atoms with Gasteiger partial charge in [-0.05, 0) is 43.2 Å². The van der Waals surface area contributed by atoms with Crippen molar-refractivity contribution in [2.75, 3.05) is 38.2 Å². The van der Waals surface area contributed by atoms with Crippen LogP contribution in [0, 0.1) is 0 Å². The van der Waals surface area contributed by atoms with Crippen molar-refractivity contribution in [1.82, 2.24) is 4.90 Å². The van der Waals surface area contributed by atoms with Crippen molar-refractivity contribution in [2.24, 2.45) is 0 Å². The number of carbonyl (C=O) groups excluding carboxylic acids is 1. The van der Waals surface area contributed by atoms with E-state index in [1.54, 1.807) is 13.2 Å². The van der Waals surface area contributed by atoms with Crippen LogP contribution < -0.4 is 9.64 Å².